The van der Waals surface area contributed by atoms with E-state index in [2.05, 4.69) is 202 Å². The van der Waals surface area contributed by atoms with Crippen LogP contribution in [0.3, 0.4) is 0 Å². The average Bonchev–Trinajstić information content (AvgIpc) is 3.80. The van der Waals surface area contributed by atoms with Crippen LogP contribution in [0, 0.1) is 0 Å². The quantitative estimate of drug-likeness (QED) is 0.116. The molecule has 4 heterocycles. The van der Waals surface area contributed by atoms with Crippen molar-refractivity contribution in [3.05, 3.63) is 163 Å². The van der Waals surface area contributed by atoms with Crippen molar-refractivity contribution in [2.24, 2.45) is 0 Å². The van der Waals surface area contributed by atoms with Gasteiger partial charge in [0.05, 0.1) is 33.4 Å². The normalized spacial score (nSPS) is 15.5. The number of fused-ring (bicyclic) bond motifs is 21. The van der Waals surface area contributed by atoms with E-state index < -0.39 is 10.9 Å². The zero-order valence-electron chi connectivity index (χ0n) is 35.3. The summed E-state index contributed by atoms with van der Waals surface area (Å²) in [7, 11) is -1.01. The minimum Gasteiger partial charge on any atom is -0.307 e. The number of rotatable bonds is 0. The highest BCUT2D eigenvalue weighted by atomic mass is 32.2. The fourth-order valence-corrected chi connectivity index (χ4v) is 14.4. The van der Waals surface area contributed by atoms with Crippen molar-refractivity contribution >= 4 is 108 Å². The lowest BCUT2D eigenvalue weighted by atomic mass is 9.86. The molecule has 0 fully saturated rings. The van der Waals surface area contributed by atoms with E-state index in [1.165, 1.54) is 135 Å². The van der Waals surface area contributed by atoms with Gasteiger partial charge in [-0.1, -0.05) is 157 Å². The Morgan fingerprint density at radius 1 is 0.361 bits per heavy atom. The molecule has 14 rings (SSSR count). The highest BCUT2D eigenvalue weighted by molar-refractivity contribution is 8.17. The third-order valence-electron chi connectivity index (χ3n) is 14.3. The molecule has 0 aliphatic carbocycles. The Morgan fingerprint density at radius 3 is 1.56 bits per heavy atom. The topological polar surface area (TPSA) is 9.86 Å². The summed E-state index contributed by atoms with van der Waals surface area (Å²) in [5.41, 5.74) is 10.6. The fourth-order valence-electron chi connectivity index (χ4n) is 11.5. The molecule has 0 radical (unpaired) electrons. The second-order valence-corrected chi connectivity index (χ2v) is 21.8. The zero-order valence-corrected chi connectivity index (χ0v) is 36.2. The van der Waals surface area contributed by atoms with Crippen LogP contribution in [-0.2, 0) is 10.8 Å². The van der Waals surface area contributed by atoms with E-state index >= 15 is 0 Å². The lowest BCUT2D eigenvalue weighted by molar-refractivity contribution is 0.588. The van der Waals surface area contributed by atoms with E-state index in [0.717, 1.165) is 0 Å². The molecule has 0 amide bonds. The van der Waals surface area contributed by atoms with E-state index in [4.69, 9.17) is 0 Å². The predicted molar refractivity (Wildman–Crippen MR) is 264 cm³/mol. The SMILES string of the molecule is CC(C)(C)c1cc2c3c(c1)-n1c4ccc5ccccc5c4c4c5ccccc5cc(c41)[SH]3c1cc3c4ccccc4c4ccccc4c3c3c4ccc(C(C)(C)C)cc4n-2c13. The van der Waals surface area contributed by atoms with Gasteiger partial charge >= 0.3 is 0 Å². The smallest absolute Gasteiger partial charge is 0.0673 e. The Balaban J connectivity index is 1.29. The van der Waals surface area contributed by atoms with Gasteiger partial charge in [0.2, 0.25) is 0 Å². The molecule has 0 saturated heterocycles. The highest BCUT2D eigenvalue weighted by Crippen LogP contribution is 2.68. The van der Waals surface area contributed by atoms with Gasteiger partial charge in [-0.25, -0.2) is 0 Å². The fraction of sp³-hybridized carbons (Fsp3) is 0.138. The third-order valence-corrected chi connectivity index (χ3v) is 16.9. The molecule has 12 aromatic rings. The van der Waals surface area contributed by atoms with Crippen LogP contribution in [0.1, 0.15) is 52.7 Å². The largest absolute Gasteiger partial charge is 0.307 e. The summed E-state index contributed by atoms with van der Waals surface area (Å²) in [4.78, 5) is 4.38. The Kier molecular flexibility index (Phi) is 6.29. The summed E-state index contributed by atoms with van der Waals surface area (Å²) in [6.45, 7) is 14.2. The van der Waals surface area contributed by atoms with E-state index in [1.807, 2.05) is 0 Å². The van der Waals surface area contributed by atoms with E-state index in [0.29, 0.717) is 0 Å². The number of hydrogen-bond acceptors (Lipinski definition) is 0. The van der Waals surface area contributed by atoms with Crippen molar-refractivity contribution in [3.63, 3.8) is 0 Å². The average molecular weight is 801 g/mol. The zero-order chi connectivity index (χ0) is 40.8. The van der Waals surface area contributed by atoms with Crippen molar-refractivity contribution in [1.82, 2.24) is 9.13 Å². The molecule has 2 aliphatic rings. The first-order chi connectivity index (χ1) is 29.6. The minimum absolute atomic E-state index is 0.00880. The Labute approximate surface area is 357 Å². The maximum Gasteiger partial charge on any atom is 0.0673 e. The maximum absolute atomic E-state index is 2.72. The van der Waals surface area contributed by atoms with Crippen molar-refractivity contribution < 1.29 is 0 Å². The second kappa shape index (κ2) is 11.2. The molecule has 292 valence electrons. The van der Waals surface area contributed by atoms with E-state index in [1.54, 1.807) is 0 Å². The van der Waals surface area contributed by atoms with Crippen LogP contribution in [0.15, 0.2) is 166 Å². The lowest BCUT2D eigenvalue weighted by Crippen LogP contribution is -2.18. The number of hydrogen-bond donors (Lipinski definition) is 1. The molecule has 0 spiro atoms. The Bertz CT molecular complexity index is 4010. The molecule has 2 aromatic heterocycles. The van der Waals surface area contributed by atoms with Gasteiger partial charge in [0.1, 0.15) is 0 Å². The number of thiol groups is 1. The second-order valence-electron chi connectivity index (χ2n) is 19.8. The van der Waals surface area contributed by atoms with Crippen molar-refractivity contribution in [1.29, 1.82) is 0 Å². The van der Waals surface area contributed by atoms with Gasteiger partial charge in [-0.3, -0.25) is 0 Å². The summed E-state index contributed by atoms with van der Waals surface area (Å²) in [6, 6.07) is 58.9. The Hall–Kier alpha value is -6.55. The highest BCUT2D eigenvalue weighted by Gasteiger charge is 2.39. The van der Waals surface area contributed by atoms with Gasteiger partial charge in [-0.05, 0) is 107 Å². The predicted octanol–water partition coefficient (Wildman–Crippen LogP) is 16.3. The van der Waals surface area contributed by atoms with Crippen molar-refractivity contribution in [2.45, 2.75) is 67.1 Å². The van der Waals surface area contributed by atoms with Crippen LogP contribution < -0.4 is 0 Å². The first-order valence-corrected chi connectivity index (χ1v) is 23.1. The summed E-state index contributed by atoms with van der Waals surface area (Å²) >= 11 is 0. The molecule has 1 unspecified atom stereocenters. The van der Waals surface area contributed by atoms with Gasteiger partial charge in [-0.2, -0.15) is 10.9 Å². The van der Waals surface area contributed by atoms with Crippen LogP contribution >= 0.6 is 10.9 Å². The Morgan fingerprint density at radius 2 is 0.885 bits per heavy atom. The molecule has 2 nitrogen and oxygen atoms in total. The molecular weight excluding hydrogens is 757 g/mol. The molecule has 0 saturated carbocycles. The first kappa shape index (κ1) is 34.2. The minimum atomic E-state index is -1.01. The molecule has 0 bridgehead atoms. The van der Waals surface area contributed by atoms with Gasteiger partial charge in [0.25, 0.3) is 0 Å². The molecule has 61 heavy (non-hydrogen) atoms. The van der Waals surface area contributed by atoms with Crippen LogP contribution in [0.2, 0.25) is 0 Å². The van der Waals surface area contributed by atoms with Crippen LogP contribution in [0.25, 0.3) is 109 Å². The summed E-state index contributed by atoms with van der Waals surface area (Å²) in [5.74, 6) is 0. The molecule has 1 atom stereocenters. The molecule has 2 aliphatic heterocycles. The summed E-state index contributed by atoms with van der Waals surface area (Å²) in [5, 5.41) is 18.7. The molecule has 3 heteroatoms. The number of aromatic nitrogens is 2. The lowest BCUT2D eigenvalue weighted by Gasteiger charge is -2.39. The standard InChI is InChI=1S/C58H44N2S/c1-57(2,3)34-24-25-42-45(28-34)60-47-30-35(58(4,5)6)29-46-56(47)61(49-31-43-40-21-12-11-19-38(40)39-20-13-14-22-41(39)50(43)53(42)55(49)60)48-27-33-16-8-10-18-37(33)52-51-36-17-9-7-15-32(36)23-26-44(51)59(46)54(48)52/h7-31,61H,1-6H3. The first-order valence-electron chi connectivity index (χ1n) is 21.8. The maximum atomic E-state index is 2.72. The third kappa shape index (κ3) is 4.20. The molecule has 0 N–H and O–H groups in total. The monoisotopic (exact) mass is 800 g/mol. The van der Waals surface area contributed by atoms with Crippen LogP contribution in [-0.4, -0.2) is 9.13 Å². The van der Waals surface area contributed by atoms with E-state index in [9.17, 15) is 0 Å². The summed E-state index contributed by atoms with van der Waals surface area (Å²) < 4.78 is 5.40. The van der Waals surface area contributed by atoms with Crippen LogP contribution in [0.4, 0.5) is 0 Å². The number of nitrogens with zero attached hydrogens (tertiary/aromatic N) is 2. The molecular formula is C58H44N2S. The van der Waals surface area contributed by atoms with Gasteiger partial charge in [-0.15, -0.1) is 0 Å². The number of benzene rings is 10. The van der Waals surface area contributed by atoms with Gasteiger partial charge < -0.3 is 9.13 Å². The van der Waals surface area contributed by atoms with Crippen LogP contribution in [0.5, 0.6) is 0 Å². The van der Waals surface area contributed by atoms with Crippen molar-refractivity contribution in [3.8, 4) is 11.4 Å². The molecule has 10 aromatic carbocycles. The van der Waals surface area contributed by atoms with Gasteiger partial charge in [0, 0.05) is 41.6 Å². The summed E-state index contributed by atoms with van der Waals surface area (Å²) in [6.07, 6.45) is 0. The van der Waals surface area contributed by atoms with Gasteiger partial charge in [0.15, 0.2) is 0 Å². The van der Waals surface area contributed by atoms with Crippen molar-refractivity contribution in [2.75, 3.05) is 0 Å². The van der Waals surface area contributed by atoms with E-state index in [-0.39, 0.29) is 10.8 Å².